The van der Waals surface area contributed by atoms with Crippen LogP contribution in [-0.2, 0) is 11.3 Å². The smallest absolute Gasteiger partial charge is 0.0951 e. The first-order valence-corrected chi connectivity index (χ1v) is 6.69. The Morgan fingerprint density at radius 3 is 2.53 bits per heavy atom. The molecular formula is C16H18ClNO. The molecule has 0 bridgehead atoms. The topological polar surface area (TPSA) is 35.2 Å². The third-order valence-electron chi connectivity index (χ3n) is 2.99. The summed E-state index contributed by atoms with van der Waals surface area (Å²) in [5.74, 6) is 0. The van der Waals surface area contributed by atoms with E-state index in [-0.39, 0.29) is 6.10 Å². The van der Waals surface area contributed by atoms with Gasteiger partial charge in [0.05, 0.1) is 12.7 Å². The number of rotatable bonds is 5. The van der Waals surface area contributed by atoms with Gasteiger partial charge in [-0.25, -0.2) is 0 Å². The van der Waals surface area contributed by atoms with Gasteiger partial charge in [0.15, 0.2) is 0 Å². The second-order valence-electron chi connectivity index (χ2n) is 4.58. The molecule has 2 aromatic rings. The Bertz CT molecular complexity index is 525. The summed E-state index contributed by atoms with van der Waals surface area (Å²) in [5.41, 5.74) is 9.23. The van der Waals surface area contributed by atoms with Crippen molar-refractivity contribution in [3.8, 4) is 0 Å². The molecule has 1 unspecified atom stereocenters. The van der Waals surface area contributed by atoms with E-state index in [1.54, 1.807) is 0 Å². The van der Waals surface area contributed by atoms with Crippen molar-refractivity contribution in [3.05, 3.63) is 70.2 Å². The second-order valence-corrected chi connectivity index (χ2v) is 5.01. The molecule has 0 saturated heterocycles. The van der Waals surface area contributed by atoms with Gasteiger partial charge in [0.25, 0.3) is 0 Å². The van der Waals surface area contributed by atoms with Gasteiger partial charge < -0.3 is 10.5 Å². The highest BCUT2D eigenvalue weighted by Gasteiger charge is 2.10. The highest BCUT2D eigenvalue weighted by atomic mass is 35.5. The maximum Gasteiger partial charge on any atom is 0.0951 e. The first kappa shape index (κ1) is 14.1. The third kappa shape index (κ3) is 4.06. The lowest BCUT2D eigenvalue weighted by atomic mass is 10.1. The summed E-state index contributed by atoms with van der Waals surface area (Å²) < 4.78 is 5.89. The molecule has 0 aromatic heterocycles. The molecule has 0 spiro atoms. The molecule has 2 rings (SSSR count). The van der Waals surface area contributed by atoms with E-state index in [0.29, 0.717) is 13.2 Å². The number of aryl methyl sites for hydroxylation is 1. The van der Waals surface area contributed by atoms with Gasteiger partial charge in [-0.3, -0.25) is 0 Å². The number of hydrogen-bond donors (Lipinski definition) is 1. The van der Waals surface area contributed by atoms with Crippen LogP contribution in [0.3, 0.4) is 0 Å². The van der Waals surface area contributed by atoms with E-state index in [1.165, 1.54) is 5.56 Å². The first-order valence-electron chi connectivity index (χ1n) is 6.31. The standard InChI is InChI=1S/C16H18ClNO/c1-12-3-2-4-14(9-12)16(10-18)19-11-13-5-7-15(17)8-6-13/h2-9,16H,10-11,18H2,1H3. The van der Waals surface area contributed by atoms with E-state index in [0.717, 1.165) is 16.1 Å². The van der Waals surface area contributed by atoms with Gasteiger partial charge in [-0.15, -0.1) is 0 Å². The number of hydrogen-bond acceptors (Lipinski definition) is 2. The quantitative estimate of drug-likeness (QED) is 0.899. The lowest BCUT2D eigenvalue weighted by Crippen LogP contribution is -2.15. The molecule has 0 aliphatic heterocycles. The Hall–Kier alpha value is -1.35. The van der Waals surface area contributed by atoms with E-state index in [2.05, 4.69) is 19.1 Å². The minimum atomic E-state index is -0.0735. The molecular weight excluding hydrogens is 258 g/mol. The van der Waals surface area contributed by atoms with E-state index in [4.69, 9.17) is 22.1 Å². The van der Waals surface area contributed by atoms with Gasteiger partial charge in [-0.2, -0.15) is 0 Å². The molecule has 2 aromatic carbocycles. The number of nitrogens with two attached hydrogens (primary N) is 1. The average Bonchev–Trinajstić information content (AvgIpc) is 2.42. The molecule has 100 valence electrons. The summed E-state index contributed by atoms with van der Waals surface area (Å²) in [6, 6.07) is 15.9. The monoisotopic (exact) mass is 275 g/mol. The molecule has 1 atom stereocenters. The zero-order valence-corrected chi connectivity index (χ0v) is 11.7. The van der Waals surface area contributed by atoms with Gasteiger partial charge in [-0.05, 0) is 30.2 Å². The highest BCUT2D eigenvalue weighted by Crippen LogP contribution is 2.19. The fourth-order valence-corrected chi connectivity index (χ4v) is 2.07. The maximum atomic E-state index is 5.89. The van der Waals surface area contributed by atoms with E-state index >= 15 is 0 Å². The van der Waals surface area contributed by atoms with Crippen molar-refractivity contribution >= 4 is 11.6 Å². The van der Waals surface area contributed by atoms with Crippen LogP contribution in [0.1, 0.15) is 22.8 Å². The van der Waals surface area contributed by atoms with Crippen molar-refractivity contribution in [2.45, 2.75) is 19.6 Å². The minimum absolute atomic E-state index is 0.0735. The number of benzene rings is 2. The van der Waals surface area contributed by atoms with Crippen LogP contribution in [-0.4, -0.2) is 6.54 Å². The summed E-state index contributed by atoms with van der Waals surface area (Å²) >= 11 is 5.85. The highest BCUT2D eigenvalue weighted by molar-refractivity contribution is 6.30. The van der Waals surface area contributed by atoms with Gasteiger partial charge in [0.2, 0.25) is 0 Å². The largest absolute Gasteiger partial charge is 0.368 e. The molecule has 3 heteroatoms. The van der Waals surface area contributed by atoms with Crippen molar-refractivity contribution in [2.24, 2.45) is 5.73 Å². The van der Waals surface area contributed by atoms with E-state index < -0.39 is 0 Å². The Kier molecular flexibility index (Phi) is 4.97. The average molecular weight is 276 g/mol. The van der Waals surface area contributed by atoms with Crippen LogP contribution >= 0.6 is 11.6 Å². The van der Waals surface area contributed by atoms with Crippen molar-refractivity contribution in [1.29, 1.82) is 0 Å². The zero-order chi connectivity index (χ0) is 13.7. The SMILES string of the molecule is Cc1cccc(C(CN)OCc2ccc(Cl)cc2)c1. The van der Waals surface area contributed by atoms with Crippen molar-refractivity contribution in [1.82, 2.24) is 0 Å². The second kappa shape index (κ2) is 6.71. The summed E-state index contributed by atoms with van der Waals surface area (Å²) in [7, 11) is 0. The van der Waals surface area contributed by atoms with Gasteiger partial charge in [-0.1, -0.05) is 53.6 Å². The Morgan fingerprint density at radius 1 is 1.16 bits per heavy atom. The van der Waals surface area contributed by atoms with Gasteiger partial charge in [0.1, 0.15) is 0 Å². The molecule has 2 N–H and O–H groups in total. The summed E-state index contributed by atoms with van der Waals surface area (Å²) in [6.45, 7) is 3.07. The predicted octanol–water partition coefficient (Wildman–Crippen LogP) is 3.87. The van der Waals surface area contributed by atoms with Crippen LogP contribution in [0.5, 0.6) is 0 Å². The van der Waals surface area contributed by atoms with Crippen molar-refractivity contribution in [3.63, 3.8) is 0 Å². The third-order valence-corrected chi connectivity index (χ3v) is 3.24. The number of halogens is 1. The van der Waals surface area contributed by atoms with Crippen LogP contribution in [0.2, 0.25) is 5.02 Å². The lowest BCUT2D eigenvalue weighted by molar-refractivity contribution is 0.0456. The fraction of sp³-hybridized carbons (Fsp3) is 0.250. The number of ether oxygens (including phenoxy) is 1. The van der Waals surface area contributed by atoms with E-state index in [9.17, 15) is 0 Å². The van der Waals surface area contributed by atoms with Crippen LogP contribution in [0, 0.1) is 6.92 Å². The van der Waals surface area contributed by atoms with Crippen LogP contribution in [0.25, 0.3) is 0 Å². The molecule has 0 fully saturated rings. The maximum absolute atomic E-state index is 5.89. The molecule has 2 nitrogen and oxygen atoms in total. The molecule has 0 aliphatic carbocycles. The predicted molar refractivity (Wildman–Crippen MR) is 79.2 cm³/mol. The normalized spacial score (nSPS) is 12.4. The summed E-state index contributed by atoms with van der Waals surface area (Å²) in [6.07, 6.45) is -0.0735. The summed E-state index contributed by atoms with van der Waals surface area (Å²) in [4.78, 5) is 0. The van der Waals surface area contributed by atoms with Crippen LogP contribution in [0.15, 0.2) is 48.5 Å². The molecule has 0 amide bonds. The zero-order valence-electron chi connectivity index (χ0n) is 11.0. The Morgan fingerprint density at radius 2 is 1.89 bits per heavy atom. The van der Waals surface area contributed by atoms with E-state index in [1.807, 2.05) is 36.4 Å². The fourth-order valence-electron chi connectivity index (χ4n) is 1.95. The van der Waals surface area contributed by atoms with Crippen molar-refractivity contribution < 1.29 is 4.74 Å². The Balaban J connectivity index is 2.01. The van der Waals surface area contributed by atoms with Crippen molar-refractivity contribution in [2.75, 3.05) is 6.54 Å². The Labute approximate surface area is 119 Å². The summed E-state index contributed by atoms with van der Waals surface area (Å²) in [5, 5.41) is 0.734. The minimum Gasteiger partial charge on any atom is -0.368 e. The first-order chi connectivity index (χ1) is 9.19. The molecule has 19 heavy (non-hydrogen) atoms. The molecule has 0 radical (unpaired) electrons. The van der Waals surface area contributed by atoms with Crippen LogP contribution in [0.4, 0.5) is 0 Å². The molecule has 0 saturated carbocycles. The van der Waals surface area contributed by atoms with Crippen LogP contribution < -0.4 is 5.73 Å². The van der Waals surface area contributed by atoms with Gasteiger partial charge in [0, 0.05) is 11.6 Å². The molecule has 0 heterocycles. The van der Waals surface area contributed by atoms with Gasteiger partial charge >= 0.3 is 0 Å². The molecule has 0 aliphatic rings. The lowest BCUT2D eigenvalue weighted by Gasteiger charge is -2.17.